The first-order valence-electron chi connectivity index (χ1n) is 3.34. The van der Waals surface area contributed by atoms with Gasteiger partial charge in [0, 0.05) is 0 Å². The highest BCUT2D eigenvalue weighted by atomic mass is 32.3. The van der Waals surface area contributed by atoms with Gasteiger partial charge in [0.15, 0.2) is 0 Å². The summed E-state index contributed by atoms with van der Waals surface area (Å²) >= 11 is 0. The summed E-state index contributed by atoms with van der Waals surface area (Å²) in [6, 6.07) is 0. The fourth-order valence-electron chi connectivity index (χ4n) is 0. The number of hydrogen-bond donors (Lipinski definition) is 2. The maximum absolute atomic E-state index is 8.74. The minimum atomic E-state index is -4.67. The highest BCUT2D eigenvalue weighted by Crippen LogP contribution is 2.05. The van der Waals surface area contributed by atoms with Crippen LogP contribution in [0, 0.1) is 11.8 Å². The van der Waals surface area contributed by atoms with Crippen molar-refractivity contribution in [3.05, 3.63) is 0 Å². The number of hydrogen-bond acceptors (Lipinski definition) is 2. The lowest BCUT2D eigenvalue weighted by Gasteiger charge is -2.05. The van der Waals surface area contributed by atoms with E-state index in [0.29, 0.717) is 0 Å². The van der Waals surface area contributed by atoms with Gasteiger partial charge in [0.1, 0.15) is 0 Å². The molecule has 11 heavy (non-hydrogen) atoms. The Labute approximate surface area is 68.2 Å². The van der Waals surface area contributed by atoms with Crippen LogP contribution in [-0.2, 0) is 10.4 Å². The molecule has 0 aromatic heterocycles. The zero-order chi connectivity index (χ0) is 9.65. The average Bonchev–Trinajstić information content (AvgIpc) is 1.59. The van der Waals surface area contributed by atoms with Crippen molar-refractivity contribution in [1.82, 2.24) is 0 Å². The summed E-state index contributed by atoms with van der Waals surface area (Å²) in [5.74, 6) is 1.70. The topological polar surface area (TPSA) is 74.6 Å². The van der Waals surface area contributed by atoms with Crippen molar-refractivity contribution >= 4 is 10.4 Å². The van der Waals surface area contributed by atoms with E-state index in [1.165, 1.54) is 0 Å². The molecule has 0 amide bonds. The van der Waals surface area contributed by atoms with Crippen LogP contribution >= 0.6 is 0 Å². The van der Waals surface area contributed by atoms with Gasteiger partial charge in [-0.1, -0.05) is 27.7 Å². The third-order valence-corrected chi connectivity index (χ3v) is 1.33. The molecule has 0 aromatic carbocycles. The van der Waals surface area contributed by atoms with Crippen molar-refractivity contribution in [3.63, 3.8) is 0 Å². The van der Waals surface area contributed by atoms with Gasteiger partial charge >= 0.3 is 10.4 Å². The molecule has 0 aromatic rings. The maximum Gasteiger partial charge on any atom is 0.394 e. The van der Waals surface area contributed by atoms with Gasteiger partial charge in [0.25, 0.3) is 0 Å². The summed E-state index contributed by atoms with van der Waals surface area (Å²) in [6.45, 7) is 8.96. The molecule has 0 heterocycles. The summed E-state index contributed by atoms with van der Waals surface area (Å²) in [5.41, 5.74) is 0. The first kappa shape index (κ1) is 13.5. The van der Waals surface area contributed by atoms with E-state index in [1.807, 2.05) is 0 Å². The normalized spacial score (nSPS) is 11.3. The van der Waals surface area contributed by atoms with Gasteiger partial charge in [0.2, 0.25) is 0 Å². The quantitative estimate of drug-likeness (QED) is 0.607. The lowest BCUT2D eigenvalue weighted by molar-refractivity contribution is 0.381. The van der Waals surface area contributed by atoms with Crippen LogP contribution in [0.4, 0.5) is 0 Å². The van der Waals surface area contributed by atoms with E-state index < -0.39 is 10.4 Å². The van der Waals surface area contributed by atoms with Crippen molar-refractivity contribution in [2.45, 2.75) is 27.7 Å². The summed E-state index contributed by atoms with van der Waals surface area (Å²) in [5, 5.41) is 0. The minimum Gasteiger partial charge on any atom is -0.264 e. The molecule has 0 saturated heterocycles. The Morgan fingerprint density at radius 1 is 0.909 bits per heavy atom. The van der Waals surface area contributed by atoms with Crippen molar-refractivity contribution < 1.29 is 17.5 Å². The largest absolute Gasteiger partial charge is 0.394 e. The highest BCUT2D eigenvalue weighted by Gasteiger charge is 1.95. The first-order chi connectivity index (χ1) is 4.64. The smallest absolute Gasteiger partial charge is 0.264 e. The van der Waals surface area contributed by atoms with Gasteiger partial charge in [-0.05, 0) is 11.8 Å². The molecule has 0 bridgehead atoms. The third-order valence-electron chi connectivity index (χ3n) is 1.33. The molecule has 0 radical (unpaired) electrons. The van der Waals surface area contributed by atoms with Crippen LogP contribution in [-0.4, -0.2) is 17.5 Å². The van der Waals surface area contributed by atoms with Gasteiger partial charge in [-0.3, -0.25) is 9.11 Å². The molecular formula is C6H16O4S. The van der Waals surface area contributed by atoms with Gasteiger partial charge in [-0.15, -0.1) is 0 Å². The average molecular weight is 184 g/mol. The Hall–Kier alpha value is -0.130. The molecule has 0 atom stereocenters. The lowest BCUT2D eigenvalue weighted by Crippen LogP contribution is -1.95. The van der Waals surface area contributed by atoms with E-state index in [9.17, 15) is 0 Å². The van der Waals surface area contributed by atoms with Gasteiger partial charge in [-0.25, -0.2) is 0 Å². The Balaban J connectivity index is 0. The molecule has 0 aliphatic heterocycles. The van der Waals surface area contributed by atoms with E-state index in [0.717, 1.165) is 11.8 Å². The molecule has 0 unspecified atom stereocenters. The molecule has 0 aliphatic rings. The van der Waals surface area contributed by atoms with E-state index in [2.05, 4.69) is 27.7 Å². The second-order valence-electron chi connectivity index (χ2n) is 2.94. The van der Waals surface area contributed by atoms with Gasteiger partial charge < -0.3 is 0 Å². The van der Waals surface area contributed by atoms with Gasteiger partial charge in [0.05, 0.1) is 0 Å². The molecule has 5 heteroatoms. The molecule has 4 nitrogen and oxygen atoms in total. The maximum atomic E-state index is 8.74. The van der Waals surface area contributed by atoms with Crippen molar-refractivity contribution in [2.75, 3.05) is 0 Å². The summed E-state index contributed by atoms with van der Waals surface area (Å²) in [4.78, 5) is 0. The lowest BCUT2D eigenvalue weighted by atomic mass is 10.0. The van der Waals surface area contributed by atoms with Crippen LogP contribution in [0.25, 0.3) is 0 Å². The molecule has 2 N–H and O–H groups in total. The fraction of sp³-hybridized carbons (Fsp3) is 1.00. The summed E-state index contributed by atoms with van der Waals surface area (Å²) in [6.07, 6.45) is 0. The van der Waals surface area contributed by atoms with Crippen molar-refractivity contribution in [1.29, 1.82) is 0 Å². The van der Waals surface area contributed by atoms with Crippen LogP contribution in [0.15, 0.2) is 0 Å². The second-order valence-corrected chi connectivity index (χ2v) is 3.83. The molecular weight excluding hydrogens is 168 g/mol. The second kappa shape index (κ2) is 5.51. The van der Waals surface area contributed by atoms with E-state index in [4.69, 9.17) is 17.5 Å². The SMILES string of the molecule is CC(C)C(C)C.O=S(=O)(O)O. The Morgan fingerprint density at radius 2 is 1.00 bits per heavy atom. The Morgan fingerprint density at radius 3 is 1.00 bits per heavy atom. The summed E-state index contributed by atoms with van der Waals surface area (Å²) < 4.78 is 31.6. The van der Waals surface area contributed by atoms with Crippen LogP contribution in [0.3, 0.4) is 0 Å². The zero-order valence-electron chi connectivity index (χ0n) is 7.27. The molecule has 0 rings (SSSR count). The molecule has 0 saturated carbocycles. The Bertz CT molecular complexity index is 155. The van der Waals surface area contributed by atoms with Crippen molar-refractivity contribution in [2.24, 2.45) is 11.8 Å². The van der Waals surface area contributed by atoms with E-state index in [-0.39, 0.29) is 0 Å². The minimum absolute atomic E-state index is 0.852. The fourth-order valence-corrected chi connectivity index (χ4v) is 0. The van der Waals surface area contributed by atoms with Crippen LogP contribution in [0.2, 0.25) is 0 Å². The van der Waals surface area contributed by atoms with Crippen LogP contribution in [0.1, 0.15) is 27.7 Å². The molecule has 70 valence electrons. The van der Waals surface area contributed by atoms with E-state index in [1.54, 1.807) is 0 Å². The summed E-state index contributed by atoms with van der Waals surface area (Å²) in [7, 11) is -4.67. The standard InChI is InChI=1S/C6H14.H2O4S/c1-5(2)6(3)4;1-5(2,3)4/h5-6H,1-4H3;(H2,1,2,3,4). The molecule has 0 spiro atoms. The predicted molar refractivity (Wildman–Crippen MR) is 43.9 cm³/mol. The van der Waals surface area contributed by atoms with Crippen LogP contribution in [0.5, 0.6) is 0 Å². The zero-order valence-corrected chi connectivity index (χ0v) is 8.09. The molecule has 0 aliphatic carbocycles. The highest BCUT2D eigenvalue weighted by molar-refractivity contribution is 7.79. The van der Waals surface area contributed by atoms with Gasteiger partial charge in [-0.2, -0.15) is 8.42 Å². The van der Waals surface area contributed by atoms with E-state index >= 15 is 0 Å². The predicted octanol–water partition coefficient (Wildman–Crippen LogP) is 1.65. The van der Waals surface area contributed by atoms with Crippen LogP contribution < -0.4 is 0 Å². The van der Waals surface area contributed by atoms with Crippen molar-refractivity contribution in [3.8, 4) is 0 Å². The molecule has 0 fully saturated rings. The monoisotopic (exact) mass is 184 g/mol. The third kappa shape index (κ3) is 40.8. The first-order valence-corrected chi connectivity index (χ1v) is 4.74. The Kier molecular flexibility index (Phi) is 6.74. The number of rotatable bonds is 1.